The first kappa shape index (κ1) is 14.8. The molecule has 5 heteroatoms. The van der Waals surface area contributed by atoms with E-state index in [4.69, 9.17) is 4.98 Å². The molecule has 22 heavy (non-hydrogen) atoms. The minimum Gasteiger partial charge on any atom is -0.350 e. The SMILES string of the molecule is CCCCN(C)c1nncc(N2CCc3ccccc3C2)n1. The van der Waals surface area contributed by atoms with Crippen molar-refractivity contribution in [2.45, 2.75) is 32.7 Å². The van der Waals surface area contributed by atoms with Crippen molar-refractivity contribution in [3.8, 4) is 0 Å². The van der Waals surface area contributed by atoms with Gasteiger partial charge in [-0.1, -0.05) is 37.6 Å². The van der Waals surface area contributed by atoms with E-state index >= 15 is 0 Å². The number of anilines is 2. The molecule has 2 heterocycles. The lowest BCUT2D eigenvalue weighted by Gasteiger charge is -2.29. The second-order valence-electron chi connectivity index (χ2n) is 5.83. The summed E-state index contributed by atoms with van der Waals surface area (Å²) in [6.07, 6.45) is 5.13. The van der Waals surface area contributed by atoms with Crippen LogP contribution in [0.5, 0.6) is 0 Å². The van der Waals surface area contributed by atoms with Gasteiger partial charge >= 0.3 is 0 Å². The van der Waals surface area contributed by atoms with Crippen LogP contribution < -0.4 is 9.80 Å². The zero-order valence-corrected chi connectivity index (χ0v) is 13.4. The Morgan fingerprint density at radius 2 is 2.05 bits per heavy atom. The molecular weight excluding hydrogens is 274 g/mol. The van der Waals surface area contributed by atoms with Gasteiger partial charge in [0.15, 0.2) is 5.82 Å². The normalized spacial score (nSPS) is 13.8. The Balaban J connectivity index is 1.76. The van der Waals surface area contributed by atoms with E-state index in [1.54, 1.807) is 6.20 Å². The minimum absolute atomic E-state index is 0.713. The first-order valence-corrected chi connectivity index (χ1v) is 8.00. The van der Waals surface area contributed by atoms with Gasteiger partial charge in [0, 0.05) is 26.7 Å². The van der Waals surface area contributed by atoms with Crippen molar-refractivity contribution < 1.29 is 0 Å². The van der Waals surface area contributed by atoms with E-state index in [2.05, 4.69) is 51.2 Å². The maximum Gasteiger partial charge on any atom is 0.247 e. The maximum atomic E-state index is 4.70. The largest absolute Gasteiger partial charge is 0.350 e. The lowest BCUT2D eigenvalue weighted by Crippen LogP contribution is -2.32. The predicted molar refractivity (Wildman–Crippen MR) is 89.2 cm³/mol. The monoisotopic (exact) mass is 297 g/mol. The summed E-state index contributed by atoms with van der Waals surface area (Å²) in [6.45, 7) is 5.03. The summed E-state index contributed by atoms with van der Waals surface area (Å²) < 4.78 is 0. The molecule has 1 aliphatic rings. The average Bonchev–Trinajstić information content (AvgIpc) is 2.59. The van der Waals surface area contributed by atoms with E-state index in [9.17, 15) is 0 Å². The van der Waals surface area contributed by atoms with Gasteiger partial charge in [0.1, 0.15) is 0 Å². The van der Waals surface area contributed by atoms with Crippen LogP contribution in [0.25, 0.3) is 0 Å². The van der Waals surface area contributed by atoms with Gasteiger partial charge in [0.2, 0.25) is 5.95 Å². The van der Waals surface area contributed by atoms with Crippen LogP contribution in [-0.4, -0.2) is 35.3 Å². The van der Waals surface area contributed by atoms with Crippen molar-refractivity contribution in [3.63, 3.8) is 0 Å². The highest BCUT2D eigenvalue weighted by atomic mass is 15.3. The van der Waals surface area contributed by atoms with Crippen molar-refractivity contribution in [2.24, 2.45) is 0 Å². The van der Waals surface area contributed by atoms with Crippen molar-refractivity contribution in [2.75, 3.05) is 29.9 Å². The molecule has 0 spiro atoms. The van der Waals surface area contributed by atoms with Crippen LogP contribution in [0.15, 0.2) is 30.5 Å². The van der Waals surface area contributed by atoms with E-state index in [1.807, 2.05) is 7.05 Å². The van der Waals surface area contributed by atoms with Gasteiger partial charge in [-0.15, -0.1) is 5.10 Å². The summed E-state index contributed by atoms with van der Waals surface area (Å²) in [7, 11) is 2.03. The Morgan fingerprint density at radius 1 is 1.23 bits per heavy atom. The Morgan fingerprint density at radius 3 is 2.86 bits per heavy atom. The molecular formula is C17H23N5. The Hall–Kier alpha value is -2.17. The molecule has 0 amide bonds. The van der Waals surface area contributed by atoms with Gasteiger partial charge in [-0.2, -0.15) is 10.1 Å². The standard InChI is InChI=1S/C17H23N5/c1-3-4-10-21(2)17-19-16(12-18-20-17)22-11-9-14-7-5-6-8-15(14)13-22/h5-8,12H,3-4,9-11,13H2,1-2H3. The number of nitrogens with zero attached hydrogens (tertiary/aromatic N) is 5. The second-order valence-corrected chi connectivity index (χ2v) is 5.83. The molecule has 0 atom stereocenters. The summed E-state index contributed by atoms with van der Waals surface area (Å²) in [6, 6.07) is 8.63. The molecule has 2 aromatic rings. The molecule has 0 bridgehead atoms. The third-order valence-electron chi connectivity index (χ3n) is 4.18. The number of unbranched alkanes of at least 4 members (excludes halogenated alkanes) is 1. The van der Waals surface area contributed by atoms with Gasteiger partial charge in [0.05, 0.1) is 6.20 Å². The molecule has 116 valence electrons. The summed E-state index contributed by atoms with van der Waals surface area (Å²) in [5.74, 6) is 1.63. The van der Waals surface area contributed by atoms with E-state index in [0.29, 0.717) is 5.95 Å². The van der Waals surface area contributed by atoms with E-state index < -0.39 is 0 Å². The van der Waals surface area contributed by atoms with Gasteiger partial charge in [-0.05, 0) is 24.0 Å². The number of fused-ring (bicyclic) bond motifs is 1. The van der Waals surface area contributed by atoms with Crippen LogP contribution in [0.1, 0.15) is 30.9 Å². The third kappa shape index (κ3) is 3.18. The fourth-order valence-electron chi connectivity index (χ4n) is 2.79. The molecule has 0 unspecified atom stereocenters. The summed E-state index contributed by atoms with van der Waals surface area (Å²) in [4.78, 5) is 9.07. The fourth-order valence-corrected chi connectivity index (χ4v) is 2.79. The lowest BCUT2D eigenvalue weighted by atomic mass is 10.0. The summed E-state index contributed by atoms with van der Waals surface area (Å²) >= 11 is 0. The van der Waals surface area contributed by atoms with Crippen LogP contribution in [0, 0.1) is 0 Å². The van der Waals surface area contributed by atoms with Gasteiger partial charge in [0.25, 0.3) is 0 Å². The van der Waals surface area contributed by atoms with Crippen molar-refractivity contribution in [1.82, 2.24) is 15.2 Å². The second kappa shape index (κ2) is 6.73. The Labute approximate surface area is 132 Å². The quantitative estimate of drug-likeness (QED) is 0.849. The maximum absolute atomic E-state index is 4.70. The van der Waals surface area contributed by atoms with Gasteiger partial charge in [-0.25, -0.2) is 0 Å². The number of hydrogen-bond acceptors (Lipinski definition) is 5. The molecule has 0 N–H and O–H groups in total. The molecule has 1 aromatic heterocycles. The molecule has 0 saturated carbocycles. The number of hydrogen-bond donors (Lipinski definition) is 0. The first-order chi connectivity index (χ1) is 10.8. The number of rotatable bonds is 5. The first-order valence-electron chi connectivity index (χ1n) is 8.00. The van der Waals surface area contributed by atoms with Crippen LogP contribution >= 0.6 is 0 Å². The molecule has 0 radical (unpaired) electrons. The topological polar surface area (TPSA) is 45.2 Å². The smallest absolute Gasteiger partial charge is 0.247 e. The van der Waals surface area contributed by atoms with Crippen LogP contribution in [0.4, 0.5) is 11.8 Å². The summed E-state index contributed by atoms with van der Waals surface area (Å²) in [5, 5.41) is 8.32. The Bertz CT molecular complexity index is 628. The van der Waals surface area contributed by atoms with E-state index in [0.717, 1.165) is 38.3 Å². The lowest BCUT2D eigenvalue weighted by molar-refractivity contribution is 0.702. The summed E-state index contributed by atoms with van der Waals surface area (Å²) in [5.41, 5.74) is 2.83. The highest BCUT2D eigenvalue weighted by Gasteiger charge is 2.18. The van der Waals surface area contributed by atoms with Crippen molar-refractivity contribution in [1.29, 1.82) is 0 Å². The van der Waals surface area contributed by atoms with Crippen LogP contribution in [0.2, 0.25) is 0 Å². The molecule has 3 rings (SSSR count). The highest BCUT2D eigenvalue weighted by molar-refractivity contribution is 5.45. The fraction of sp³-hybridized carbons (Fsp3) is 0.471. The third-order valence-corrected chi connectivity index (χ3v) is 4.18. The van der Waals surface area contributed by atoms with Crippen LogP contribution in [-0.2, 0) is 13.0 Å². The van der Waals surface area contributed by atoms with Crippen LogP contribution in [0.3, 0.4) is 0 Å². The van der Waals surface area contributed by atoms with Gasteiger partial charge in [-0.3, -0.25) is 0 Å². The Kier molecular flexibility index (Phi) is 4.51. The number of benzene rings is 1. The molecule has 1 aliphatic heterocycles. The molecule has 0 fully saturated rings. The van der Waals surface area contributed by atoms with E-state index in [1.165, 1.54) is 17.5 Å². The molecule has 0 aliphatic carbocycles. The zero-order valence-electron chi connectivity index (χ0n) is 13.4. The number of aromatic nitrogens is 3. The predicted octanol–water partition coefficient (Wildman–Crippen LogP) is 2.67. The minimum atomic E-state index is 0.713. The highest BCUT2D eigenvalue weighted by Crippen LogP contribution is 2.23. The molecule has 0 saturated heterocycles. The van der Waals surface area contributed by atoms with Crippen molar-refractivity contribution in [3.05, 3.63) is 41.6 Å². The zero-order chi connectivity index (χ0) is 15.4. The van der Waals surface area contributed by atoms with E-state index in [-0.39, 0.29) is 0 Å². The van der Waals surface area contributed by atoms with Gasteiger partial charge < -0.3 is 9.80 Å². The van der Waals surface area contributed by atoms with Crippen molar-refractivity contribution >= 4 is 11.8 Å². The molecule has 1 aromatic carbocycles. The molecule has 5 nitrogen and oxygen atoms in total. The average molecular weight is 297 g/mol.